The Morgan fingerprint density at radius 2 is 1.94 bits per heavy atom. The highest BCUT2D eigenvalue weighted by molar-refractivity contribution is 7.99. The molecule has 0 aliphatic carbocycles. The summed E-state index contributed by atoms with van der Waals surface area (Å²) in [4.78, 5) is 11.7. The summed E-state index contributed by atoms with van der Waals surface area (Å²) in [6.07, 6.45) is 0. The van der Waals surface area contributed by atoms with E-state index in [1.165, 1.54) is 0 Å². The van der Waals surface area contributed by atoms with Crippen LogP contribution in [0.15, 0.2) is 18.2 Å². The second-order valence-corrected chi connectivity index (χ2v) is 5.76. The number of thioether (sulfide) groups is 1. The molecule has 0 fully saturated rings. The lowest BCUT2D eigenvalue weighted by molar-refractivity contribution is -0.113. The van der Waals surface area contributed by atoms with Gasteiger partial charge in [0.25, 0.3) is 0 Å². The number of aryl methyl sites for hydroxylation is 2. The third-order valence-corrected chi connectivity index (χ3v) is 3.72. The van der Waals surface area contributed by atoms with Crippen molar-refractivity contribution in [2.24, 2.45) is 5.92 Å². The van der Waals surface area contributed by atoms with Crippen molar-refractivity contribution in [1.82, 2.24) is 0 Å². The van der Waals surface area contributed by atoms with Gasteiger partial charge < -0.3 is 10.4 Å². The summed E-state index contributed by atoms with van der Waals surface area (Å²) in [6.45, 7) is 6.17. The van der Waals surface area contributed by atoms with E-state index in [2.05, 4.69) is 11.4 Å². The molecule has 1 aromatic rings. The van der Waals surface area contributed by atoms with Crippen LogP contribution in [0.3, 0.4) is 0 Å². The minimum atomic E-state index is 0.00939. The summed E-state index contributed by atoms with van der Waals surface area (Å²) < 4.78 is 0. The van der Waals surface area contributed by atoms with Crippen molar-refractivity contribution < 1.29 is 9.90 Å². The lowest BCUT2D eigenvalue weighted by Crippen LogP contribution is -2.15. The first-order valence-electron chi connectivity index (χ1n) is 6.08. The topological polar surface area (TPSA) is 49.3 Å². The summed E-state index contributed by atoms with van der Waals surface area (Å²) in [5.41, 5.74) is 3.15. The van der Waals surface area contributed by atoms with Gasteiger partial charge in [0, 0.05) is 12.3 Å². The predicted octanol–water partition coefficient (Wildman–Crippen LogP) is 2.60. The Balaban J connectivity index is 2.40. The highest BCUT2D eigenvalue weighted by Gasteiger charge is 2.05. The number of hydrogen-bond acceptors (Lipinski definition) is 3. The maximum atomic E-state index is 11.7. The van der Waals surface area contributed by atoms with Gasteiger partial charge in [-0.1, -0.05) is 13.0 Å². The summed E-state index contributed by atoms with van der Waals surface area (Å²) in [6, 6.07) is 6.01. The van der Waals surface area contributed by atoms with E-state index in [0.717, 1.165) is 22.6 Å². The molecule has 1 aromatic carbocycles. The molecular formula is C14H21NO2S. The van der Waals surface area contributed by atoms with Crippen LogP contribution >= 0.6 is 11.8 Å². The largest absolute Gasteiger partial charge is 0.396 e. The monoisotopic (exact) mass is 267 g/mol. The molecule has 1 amide bonds. The molecule has 0 bridgehead atoms. The van der Waals surface area contributed by atoms with E-state index in [1.54, 1.807) is 11.8 Å². The summed E-state index contributed by atoms with van der Waals surface area (Å²) >= 11 is 1.55. The molecule has 0 saturated heterocycles. The quantitative estimate of drug-likeness (QED) is 0.833. The Hall–Kier alpha value is -1.00. The van der Waals surface area contributed by atoms with E-state index in [9.17, 15) is 4.79 Å². The fourth-order valence-electron chi connectivity index (χ4n) is 1.65. The van der Waals surface area contributed by atoms with Gasteiger partial charge in [0.15, 0.2) is 0 Å². The number of hydrogen-bond donors (Lipinski definition) is 2. The Bertz CT molecular complexity index is 387. The van der Waals surface area contributed by atoms with Crippen LogP contribution < -0.4 is 5.32 Å². The van der Waals surface area contributed by atoms with Crippen LogP contribution in [-0.4, -0.2) is 29.1 Å². The van der Waals surface area contributed by atoms with Crippen molar-refractivity contribution >= 4 is 23.4 Å². The maximum absolute atomic E-state index is 11.7. The van der Waals surface area contributed by atoms with Crippen molar-refractivity contribution in [2.75, 3.05) is 23.4 Å². The Kier molecular flexibility index (Phi) is 6.22. The molecule has 18 heavy (non-hydrogen) atoms. The molecule has 0 aliphatic rings. The molecule has 2 N–H and O–H groups in total. The molecule has 1 rings (SSSR count). The van der Waals surface area contributed by atoms with Gasteiger partial charge in [0.1, 0.15) is 0 Å². The molecule has 0 spiro atoms. The van der Waals surface area contributed by atoms with Gasteiger partial charge in [0.2, 0.25) is 5.91 Å². The highest BCUT2D eigenvalue weighted by Crippen LogP contribution is 2.14. The minimum Gasteiger partial charge on any atom is -0.396 e. The number of nitrogens with one attached hydrogen (secondary N) is 1. The van der Waals surface area contributed by atoms with Gasteiger partial charge in [-0.3, -0.25) is 4.79 Å². The van der Waals surface area contributed by atoms with Gasteiger partial charge in [-0.2, -0.15) is 11.8 Å². The number of aliphatic hydroxyl groups is 1. The van der Waals surface area contributed by atoms with Crippen LogP contribution in [0.4, 0.5) is 5.69 Å². The van der Waals surface area contributed by atoms with Crippen LogP contribution in [0.2, 0.25) is 0 Å². The van der Waals surface area contributed by atoms with Crippen molar-refractivity contribution in [3.63, 3.8) is 0 Å². The molecule has 0 radical (unpaired) electrons. The van der Waals surface area contributed by atoms with Crippen molar-refractivity contribution in [3.8, 4) is 0 Å². The normalized spacial score (nSPS) is 12.2. The highest BCUT2D eigenvalue weighted by atomic mass is 32.2. The van der Waals surface area contributed by atoms with Crippen LogP contribution in [0.25, 0.3) is 0 Å². The Morgan fingerprint density at radius 1 is 1.33 bits per heavy atom. The maximum Gasteiger partial charge on any atom is 0.234 e. The molecule has 100 valence electrons. The summed E-state index contributed by atoms with van der Waals surface area (Å²) in [5.74, 6) is 1.48. The summed E-state index contributed by atoms with van der Waals surface area (Å²) in [5, 5.41) is 11.8. The number of aliphatic hydroxyl groups excluding tert-OH is 1. The number of benzene rings is 1. The molecule has 0 saturated carbocycles. The number of carbonyl (C=O) groups excluding carboxylic acids is 1. The second kappa shape index (κ2) is 7.44. The van der Waals surface area contributed by atoms with E-state index in [-0.39, 0.29) is 18.4 Å². The van der Waals surface area contributed by atoms with E-state index in [1.807, 2.05) is 32.9 Å². The first kappa shape index (κ1) is 15.1. The van der Waals surface area contributed by atoms with Gasteiger partial charge in [0.05, 0.1) is 5.75 Å². The van der Waals surface area contributed by atoms with E-state index in [0.29, 0.717) is 5.75 Å². The zero-order chi connectivity index (χ0) is 13.5. The van der Waals surface area contributed by atoms with E-state index >= 15 is 0 Å². The fourth-order valence-corrected chi connectivity index (χ4v) is 2.53. The number of anilines is 1. The molecule has 0 aromatic heterocycles. The third-order valence-electron chi connectivity index (χ3n) is 2.45. The summed E-state index contributed by atoms with van der Waals surface area (Å²) in [7, 11) is 0. The molecule has 0 heterocycles. The smallest absolute Gasteiger partial charge is 0.234 e. The van der Waals surface area contributed by atoms with Crippen molar-refractivity contribution in [1.29, 1.82) is 0 Å². The molecule has 3 nitrogen and oxygen atoms in total. The Labute approximate surface area is 113 Å². The standard InChI is InChI=1S/C14H21NO2S/c1-10-4-11(2)6-13(5-10)15-14(17)9-18-8-12(3)7-16/h4-6,12,16H,7-9H2,1-3H3,(H,15,17). The van der Waals surface area contributed by atoms with Crippen LogP contribution in [0.5, 0.6) is 0 Å². The van der Waals surface area contributed by atoms with Crippen molar-refractivity contribution in [2.45, 2.75) is 20.8 Å². The number of carbonyl (C=O) groups is 1. The first-order chi connectivity index (χ1) is 8.51. The van der Waals surface area contributed by atoms with Crippen LogP contribution in [0, 0.1) is 19.8 Å². The molecule has 1 unspecified atom stereocenters. The number of rotatable bonds is 6. The zero-order valence-electron chi connectivity index (χ0n) is 11.2. The van der Waals surface area contributed by atoms with Gasteiger partial charge in [-0.25, -0.2) is 0 Å². The second-order valence-electron chi connectivity index (χ2n) is 4.73. The lowest BCUT2D eigenvalue weighted by atomic mass is 10.1. The van der Waals surface area contributed by atoms with E-state index < -0.39 is 0 Å². The molecule has 4 heteroatoms. The average Bonchev–Trinajstić information content (AvgIpc) is 2.27. The molecular weight excluding hydrogens is 246 g/mol. The van der Waals surface area contributed by atoms with Gasteiger partial charge in [-0.15, -0.1) is 0 Å². The average molecular weight is 267 g/mol. The predicted molar refractivity (Wildman–Crippen MR) is 78.1 cm³/mol. The third kappa shape index (κ3) is 5.56. The van der Waals surface area contributed by atoms with Crippen LogP contribution in [0.1, 0.15) is 18.1 Å². The SMILES string of the molecule is Cc1cc(C)cc(NC(=O)CSCC(C)CO)c1. The van der Waals surface area contributed by atoms with E-state index in [4.69, 9.17) is 5.11 Å². The van der Waals surface area contributed by atoms with Gasteiger partial charge in [-0.05, 0) is 48.8 Å². The minimum absolute atomic E-state index is 0.00939. The number of amides is 1. The Morgan fingerprint density at radius 3 is 2.50 bits per heavy atom. The fraction of sp³-hybridized carbons (Fsp3) is 0.500. The molecule has 1 atom stereocenters. The molecule has 0 aliphatic heterocycles. The first-order valence-corrected chi connectivity index (χ1v) is 7.23. The van der Waals surface area contributed by atoms with Crippen molar-refractivity contribution in [3.05, 3.63) is 29.3 Å². The lowest BCUT2D eigenvalue weighted by Gasteiger charge is -2.09. The zero-order valence-corrected chi connectivity index (χ0v) is 12.0. The van der Waals surface area contributed by atoms with Crippen LogP contribution in [-0.2, 0) is 4.79 Å². The van der Waals surface area contributed by atoms with Gasteiger partial charge >= 0.3 is 0 Å².